The van der Waals surface area contributed by atoms with Crippen molar-refractivity contribution in [3.63, 3.8) is 0 Å². The standard InChI is InChI=1S/C20H22BrN3O6/c1-4-27-14-7-11(6-13(21)18(14)29-9-15(23)25)17-12(8-22)19(24)30-10(3)16(17)20(26)28-5-2/h6-7,17H,4-5,9,24H2,1-3H3,(H2,23,25). The van der Waals surface area contributed by atoms with Crippen molar-refractivity contribution >= 4 is 27.8 Å². The Bertz CT molecular complexity index is 964. The minimum absolute atomic E-state index is 0.0591. The number of ether oxygens (including phenoxy) is 4. The van der Waals surface area contributed by atoms with Gasteiger partial charge < -0.3 is 30.4 Å². The van der Waals surface area contributed by atoms with Crippen LogP contribution >= 0.6 is 15.9 Å². The zero-order valence-corrected chi connectivity index (χ0v) is 18.4. The summed E-state index contributed by atoms with van der Waals surface area (Å²) in [5, 5.41) is 9.69. The first kappa shape index (κ1) is 23.1. The number of halogens is 1. The van der Waals surface area contributed by atoms with E-state index in [0.29, 0.717) is 22.4 Å². The maximum absolute atomic E-state index is 12.6. The maximum Gasteiger partial charge on any atom is 0.338 e. The average molecular weight is 480 g/mol. The highest BCUT2D eigenvalue weighted by atomic mass is 79.9. The van der Waals surface area contributed by atoms with Gasteiger partial charge in [0.1, 0.15) is 17.4 Å². The van der Waals surface area contributed by atoms with Crippen molar-refractivity contribution in [3.8, 4) is 17.6 Å². The molecule has 0 saturated heterocycles. The lowest BCUT2D eigenvalue weighted by Crippen LogP contribution is -2.25. The van der Waals surface area contributed by atoms with E-state index in [4.69, 9.17) is 30.4 Å². The SMILES string of the molecule is CCOC(=O)C1=C(C)OC(N)=C(C#N)C1c1cc(Br)c(OCC(N)=O)c(OCC)c1. The van der Waals surface area contributed by atoms with E-state index in [1.807, 2.05) is 6.07 Å². The molecule has 0 bridgehead atoms. The second-order valence-electron chi connectivity index (χ2n) is 6.13. The van der Waals surface area contributed by atoms with Crippen molar-refractivity contribution in [2.75, 3.05) is 19.8 Å². The third-order valence-corrected chi connectivity index (χ3v) is 4.71. The van der Waals surface area contributed by atoms with Gasteiger partial charge in [-0.1, -0.05) is 0 Å². The van der Waals surface area contributed by atoms with Crippen molar-refractivity contribution in [3.05, 3.63) is 45.0 Å². The third-order valence-electron chi connectivity index (χ3n) is 4.12. The van der Waals surface area contributed by atoms with Crippen molar-refractivity contribution < 1.29 is 28.5 Å². The molecule has 0 spiro atoms. The molecular weight excluding hydrogens is 458 g/mol. The summed E-state index contributed by atoms with van der Waals surface area (Å²) in [6, 6.07) is 5.27. The van der Waals surface area contributed by atoms with Gasteiger partial charge in [0.2, 0.25) is 5.88 Å². The smallest absolute Gasteiger partial charge is 0.338 e. The van der Waals surface area contributed by atoms with Crippen LogP contribution in [0.1, 0.15) is 32.3 Å². The molecule has 1 aromatic rings. The third kappa shape index (κ3) is 4.86. The number of primary amides is 1. The fourth-order valence-electron chi connectivity index (χ4n) is 2.99. The molecule has 1 atom stereocenters. The first-order valence-electron chi connectivity index (χ1n) is 9.07. The maximum atomic E-state index is 12.6. The Morgan fingerprint density at radius 2 is 1.97 bits per heavy atom. The summed E-state index contributed by atoms with van der Waals surface area (Å²) in [6.45, 7) is 5.13. The number of rotatable bonds is 8. The van der Waals surface area contributed by atoms with E-state index in [1.165, 1.54) is 0 Å². The first-order chi connectivity index (χ1) is 14.2. The predicted octanol–water partition coefficient (Wildman–Crippen LogP) is 2.36. The van der Waals surface area contributed by atoms with E-state index in [9.17, 15) is 14.9 Å². The van der Waals surface area contributed by atoms with Crippen LogP contribution in [-0.4, -0.2) is 31.7 Å². The number of carbonyl (C=O) groups excluding carboxylic acids is 2. The number of amides is 1. The number of benzene rings is 1. The fraction of sp³-hybridized carbons (Fsp3) is 0.350. The fourth-order valence-corrected chi connectivity index (χ4v) is 3.56. The number of carbonyl (C=O) groups is 2. The number of hydrogen-bond donors (Lipinski definition) is 2. The van der Waals surface area contributed by atoms with Crippen molar-refractivity contribution in [1.82, 2.24) is 0 Å². The van der Waals surface area contributed by atoms with Crippen LogP contribution < -0.4 is 20.9 Å². The highest BCUT2D eigenvalue weighted by molar-refractivity contribution is 9.10. The Labute approximate surface area is 182 Å². The average Bonchev–Trinajstić information content (AvgIpc) is 2.66. The van der Waals surface area contributed by atoms with Gasteiger partial charge >= 0.3 is 5.97 Å². The molecule has 9 nitrogen and oxygen atoms in total. The topological polar surface area (TPSA) is 147 Å². The van der Waals surface area contributed by atoms with Crippen LogP contribution in [0.15, 0.2) is 39.4 Å². The Kier molecular flexibility index (Phi) is 7.72. The molecule has 10 heteroatoms. The van der Waals surface area contributed by atoms with Crippen LogP contribution in [0.25, 0.3) is 0 Å². The van der Waals surface area contributed by atoms with E-state index in [2.05, 4.69) is 15.9 Å². The molecule has 2 rings (SSSR count). The van der Waals surface area contributed by atoms with Crippen LogP contribution in [0.2, 0.25) is 0 Å². The van der Waals surface area contributed by atoms with Gasteiger partial charge in [-0.05, 0) is 54.4 Å². The summed E-state index contributed by atoms with van der Waals surface area (Å²) in [4.78, 5) is 23.8. The number of nitriles is 1. The summed E-state index contributed by atoms with van der Waals surface area (Å²) in [7, 11) is 0. The molecule has 0 saturated carbocycles. The van der Waals surface area contributed by atoms with Crippen LogP contribution in [0.4, 0.5) is 0 Å². The van der Waals surface area contributed by atoms with Crippen molar-refractivity contribution in [2.24, 2.45) is 11.5 Å². The predicted molar refractivity (Wildman–Crippen MR) is 110 cm³/mol. The summed E-state index contributed by atoms with van der Waals surface area (Å²) < 4.78 is 22.1. The van der Waals surface area contributed by atoms with E-state index in [0.717, 1.165) is 0 Å². The van der Waals surface area contributed by atoms with Gasteiger partial charge in [0.15, 0.2) is 18.1 Å². The highest BCUT2D eigenvalue weighted by Crippen LogP contribution is 2.45. The molecule has 30 heavy (non-hydrogen) atoms. The second kappa shape index (κ2) is 10.0. The molecular formula is C20H22BrN3O6. The zero-order valence-electron chi connectivity index (χ0n) is 16.8. The lowest BCUT2D eigenvalue weighted by Gasteiger charge is -2.27. The van der Waals surface area contributed by atoms with E-state index < -0.39 is 17.8 Å². The summed E-state index contributed by atoms with van der Waals surface area (Å²) >= 11 is 3.39. The van der Waals surface area contributed by atoms with Gasteiger partial charge in [-0.3, -0.25) is 4.79 Å². The normalized spacial score (nSPS) is 15.9. The van der Waals surface area contributed by atoms with Crippen molar-refractivity contribution in [2.45, 2.75) is 26.7 Å². The monoisotopic (exact) mass is 479 g/mol. The van der Waals surface area contributed by atoms with E-state index in [1.54, 1.807) is 32.9 Å². The molecule has 1 amide bonds. The molecule has 1 aliphatic heterocycles. The molecule has 1 unspecified atom stereocenters. The van der Waals surface area contributed by atoms with E-state index in [-0.39, 0.29) is 41.8 Å². The van der Waals surface area contributed by atoms with Gasteiger partial charge in [0, 0.05) is 0 Å². The molecule has 1 aliphatic rings. The van der Waals surface area contributed by atoms with Gasteiger partial charge in [0.05, 0.1) is 29.2 Å². The largest absolute Gasteiger partial charge is 0.490 e. The summed E-state index contributed by atoms with van der Waals surface area (Å²) in [5.41, 5.74) is 11.8. The number of hydrogen-bond acceptors (Lipinski definition) is 8. The number of esters is 1. The Balaban J connectivity index is 2.67. The Hall–Kier alpha value is -3.19. The molecule has 4 N–H and O–H groups in total. The van der Waals surface area contributed by atoms with Crippen LogP contribution in [0.5, 0.6) is 11.5 Å². The second-order valence-corrected chi connectivity index (χ2v) is 6.99. The number of nitrogens with two attached hydrogens (primary N) is 2. The van der Waals surface area contributed by atoms with Gasteiger partial charge in [-0.25, -0.2) is 4.79 Å². The van der Waals surface area contributed by atoms with Crippen LogP contribution in [0.3, 0.4) is 0 Å². The van der Waals surface area contributed by atoms with Crippen LogP contribution in [-0.2, 0) is 19.1 Å². The van der Waals surface area contributed by atoms with Crippen molar-refractivity contribution in [1.29, 1.82) is 5.26 Å². The minimum atomic E-state index is -0.844. The molecule has 160 valence electrons. The molecule has 0 aromatic heterocycles. The lowest BCUT2D eigenvalue weighted by molar-refractivity contribution is -0.139. The summed E-state index contributed by atoms with van der Waals surface area (Å²) in [5.74, 6) is -1.42. The quantitative estimate of drug-likeness (QED) is 0.539. The van der Waals surface area contributed by atoms with Gasteiger partial charge in [-0.2, -0.15) is 5.26 Å². The molecule has 0 fully saturated rings. The molecule has 0 radical (unpaired) electrons. The van der Waals surface area contributed by atoms with Gasteiger partial charge in [-0.15, -0.1) is 0 Å². The number of nitrogens with zero attached hydrogens (tertiary/aromatic N) is 1. The lowest BCUT2D eigenvalue weighted by atomic mass is 9.83. The first-order valence-corrected chi connectivity index (χ1v) is 9.87. The number of allylic oxidation sites excluding steroid dienone is 2. The summed E-state index contributed by atoms with van der Waals surface area (Å²) in [6.07, 6.45) is 0. The Morgan fingerprint density at radius 3 is 2.53 bits per heavy atom. The zero-order chi connectivity index (χ0) is 22.4. The highest BCUT2D eigenvalue weighted by Gasteiger charge is 2.37. The molecule has 1 aromatic carbocycles. The van der Waals surface area contributed by atoms with Crippen LogP contribution in [0, 0.1) is 11.3 Å². The molecule has 0 aliphatic carbocycles. The Morgan fingerprint density at radius 1 is 1.27 bits per heavy atom. The van der Waals surface area contributed by atoms with E-state index >= 15 is 0 Å². The minimum Gasteiger partial charge on any atom is -0.490 e. The van der Waals surface area contributed by atoms with Gasteiger partial charge in [0.25, 0.3) is 5.91 Å². The molecule has 1 heterocycles.